The molecule has 0 aromatic carbocycles. The minimum absolute atomic E-state index is 1.15. The Hall–Kier alpha value is -0.740. The van der Waals surface area contributed by atoms with Gasteiger partial charge in [-0.25, -0.2) is 0 Å². The maximum absolute atomic E-state index is 10.7. The summed E-state index contributed by atoms with van der Waals surface area (Å²) in [6, 6.07) is 0. The van der Waals surface area contributed by atoms with E-state index in [1.807, 2.05) is 6.20 Å². The van der Waals surface area contributed by atoms with Crippen LogP contribution in [0, 0.1) is 0 Å². The van der Waals surface area contributed by atoms with Gasteiger partial charge < -0.3 is 0 Å². The monoisotopic (exact) mass is 470 g/mol. The summed E-state index contributed by atoms with van der Waals surface area (Å²) in [5.74, 6) is 0. The molecule has 0 aliphatic carbocycles. The molecule has 15 heteroatoms. The van der Waals surface area contributed by atoms with Crippen LogP contribution in [-0.2, 0) is 0 Å². The predicted octanol–water partition coefficient (Wildman–Crippen LogP) is 5.05. The molecule has 0 amide bonds. The average Bonchev–Trinajstić information content (AvgIpc) is 3.41. The van der Waals surface area contributed by atoms with Gasteiger partial charge in [0.2, 0.25) is 0 Å². The summed E-state index contributed by atoms with van der Waals surface area (Å²) in [6.45, 7) is 6.89. The molecule has 0 atom stereocenters. The molecule has 7 nitrogen and oxygen atoms in total. The van der Waals surface area contributed by atoms with Crippen LogP contribution < -0.4 is 4.62 Å². The van der Waals surface area contributed by atoms with Crippen LogP contribution in [-0.4, -0.2) is 68.4 Å². The standard InChI is InChI=1S/C14H26N6OP.F6P/c1-2-9-17(8-1)22(18-10-3-4-11-18,19-12-5-6-13-19)21-20-14-7-15-16-20;1-7(2,3,4,5)6/h7,14H,1-6,8-13H2;/q+1;-1. The number of hydrogen-bond acceptors (Lipinski definition) is 6. The van der Waals surface area contributed by atoms with Gasteiger partial charge in [-0.15, -0.1) is 19.1 Å². The summed E-state index contributed by atoms with van der Waals surface area (Å²) in [5, 5.41) is 8.04. The Bertz CT molecular complexity index is 605. The first-order valence-corrected chi connectivity index (χ1v) is 13.2. The van der Waals surface area contributed by atoms with E-state index in [0.29, 0.717) is 0 Å². The van der Waals surface area contributed by atoms with Gasteiger partial charge in [-0.1, -0.05) is 0 Å². The first kappa shape index (κ1) is 22.9. The molecule has 3 saturated heterocycles. The van der Waals surface area contributed by atoms with Crippen LogP contribution in [0.4, 0.5) is 25.2 Å². The molecule has 3 aliphatic heterocycles. The van der Waals surface area contributed by atoms with Crippen molar-refractivity contribution >= 4 is 15.8 Å². The van der Waals surface area contributed by atoms with Crippen LogP contribution in [0.2, 0.25) is 0 Å². The first-order valence-electron chi connectivity index (χ1n) is 9.63. The van der Waals surface area contributed by atoms with Gasteiger partial charge in [-0.05, 0) is 48.6 Å². The van der Waals surface area contributed by atoms with Crippen LogP contribution >= 0.6 is 15.8 Å². The molecule has 0 spiro atoms. The SMILES string of the molecule is F[P-](F)(F)(F)(F)F.c1cn(O[P+](N2CCCC2)(N2CCCC2)N2CCCC2)nn1. The molecule has 0 radical (unpaired) electrons. The second-order valence-electron chi connectivity index (χ2n) is 7.34. The minimum atomic E-state index is -10.7. The maximum Gasteiger partial charge on any atom is 0.451 e. The molecule has 3 aliphatic rings. The van der Waals surface area contributed by atoms with E-state index in [9.17, 15) is 25.2 Å². The zero-order chi connectivity index (χ0) is 21.2. The third-order valence-corrected chi connectivity index (χ3v) is 8.74. The Morgan fingerprint density at radius 1 is 0.690 bits per heavy atom. The maximum atomic E-state index is 9.87. The fraction of sp³-hybridized carbons (Fsp3) is 0.857. The van der Waals surface area contributed by atoms with E-state index in [-0.39, 0.29) is 0 Å². The molecule has 0 N–H and O–H groups in total. The summed E-state index contributed by atoms with van der Waals surface area (Å²) in [5.41, 5.74) is 0. The van der Waals surface area contributed by atoms with E-state index in [2.05, 4.69) is 24.3 Å². The molecule has 4 heterocycles. The van der Waals surface area contributed by atoms with Crippen molar-refractivity contribution in [1.29, 1.82) is 0 Å². The van der Waals surface area contributed by atoms with Gasteiger partial charge >= 0.3 is 40.9 Å². The molecule has 0 saturated carbocycles. The van der Waals surface area contributed by atoms with Crippen molar-refractivity contribution < 1.29 is 29.8 Å². The summed E-state index contributed by atoms with van der Waals surface area (Å²) >= 11 is 0. The summed E-state index contributed by atoms with van der Waals surface area (Å²) < 4.78 is 73.7. The van der Waals surface area contributed by atoms with Crippen LogP contribution in [0.15, 0.2) is 12.4 Å². The van der Waals surface area contributed by atoms with E-state index in [1.165, 1.54) is 38.5 Å². The van der Waals surface area contributed by atoms with Crippen molar-refractivity contribution in [2.75, 3.05) is 39.3 Å². The molecule has 0 bridgehead atoms. The van der Waals surface area contributed by atoms with Crippen LogP contribution in [0.5, 0.6) is 0 Å². The van der Waals surface area contributed by atoms with Gasteiger partial charge in [0.15, 0.2) is 0 Å². The van der Waals surface area contributed by atoms with Crippen molar-refractivity contribution in [3.8, 4) is 0 Å². The van der Waals surface area contributed by atoms with Crippen LogP contribution in [0.25, 0.3) is 0 Å². The van der Waals surface area contributed by atoms with Gasteiger partial charge in [-0.2, -0.15) is 4.62 Å². The van der Waals surface area contributed by atoms with Gasteiger partial charge in [0.05, 0.1) is 12.4 Å². The smallest absolute Gasteiger partial charge is 0.184 e. The molecule has 4 rings (SSSR count). The molecule has 3 fully saturated rings. The quantitative estimate of drug-likeness (QED) is 0.443. The van der Waals surface area contributed by atoms with Crippen molar-refractivity contribution in [3.05, 3.63) is 12.4 Å². The van der Waals surface area contributed by atoms with E-state index >= 15 is 0 Å². The van der Waals surface area contributed by atoms with Gasteiger partial charge in [-0.3, -0.25) is 0 Å². The number of nitrogens with zero attached hydrogens (tertiary/aromatic N) is 6. The number of halogens is 6. The molecule has 170 valence electrons. The fourth-order valence-electron chi connectivity index (χ4n) is 3.93. The normalized spacial score (nSPS) is 24.8. The van der Waals surface area contributed by atoms with E-state index in [0.717, 1.165) is 39.3 Å². The zero-order valence-corrected chi connectivity index (χ0v) is 17.7. The molecular formula is C14H26F6N6OP2. The Morgan fingerprint density at radius 3 is 1.31 bits per heavy atom. The topological polar surface area (TPSA) is 49.7 Å². The molecule has 1 aromatic rings. The fourth-order valence-corrected chi connectivity index (χ4v) is 8.03. The van der Waals surface area contributed by atoms with Crippen LogP contribution in [0.3, 0.4) is 0 Å². The van der Waals surface area contributed by atoms with E-state index in [4.69, 9.17) is 4.62 Å². The summed E-state index contributed by atoms with van der Waals surface area (Å²) in [7, 11) is -12.6. The second kappa shape index (κ2) is 7.75. The molecular weight excluding hydrogens is 444 g/mol. The second-order valence-corrected chi connectivity index (χ2v) is 12.1. The third kappa shape index (κ3) is 6.89. The third-order valence-electron chi connectivity index (χ3n) is 4.95. The van der Waals surface area contributed by atoms with Gasteiger partial charge in [0, 0.05) is 39.3 Å². The summed E-state index contributed by atoms with van der Waals surface area (Å²) in [6.07, 6.45) is 11.2. The minimum Gasteiger partial charge on any atom is -0.184 e. The largest absolute Gasteiger partial charge is 0.451 e. The molecule has 1 aromatic heterocycles. The van der Waals surface area contributed by atoms with E-state index in [1.54, 1.807) is 11.0 Å². The zero-order valence-electron chi connectivity index (χ0n) is 15.9. The first-order chi connectivity index (χ1) is 13.3. The summed E-state index contributed by atoms with van der Waals surface area (Å²) in [4.78, 5) is 1.60. The molecule has 0 unspecified atom stereocenters. The van der Waals surface area contributed by atoms with Gasteiger partial charge in [0.1, 0.15) is 0 Å². The Kier molecular flexibility index (Phi) is 6.13. The number of rotatable bonds is 5. The Balaban J connectivity index is 0.000000298. The number of aromatic nitrogens is 3. The van der Waals surface area contributed by atoms with Crippen molar-refractivity contribution in [3.63, 3.8) is 0 Å². The van der Waals surface area contributed by atoms with E-state index < -0.39 is 15.8 Å². The van der Waals surface area contributed by atoms with Gasteiger partial charge in [0.25, 0.3) is 0 Å². The van der Waals surface area contributed by atoms with Crippen molar-refractivity contribution in [2.45, 2.75) is 38.5 Å². The Morgan fingerprint density at radius 2 is 1.03 bits per heavy atom. The van der Waals surface area contributed by atoms with Crippen molar-refractivity contribution in [2.24, 2.45) is 0 Å². The van der Waals surface area contributed by atoms with Crippen molar-refractivity contribution in [1.82, 2.24) is 29.2 Å². The average molecular weight is 470 g/mol. The number of hydrogen-bond donors (Lipinski definition) is 0. The Labute approximate surface area is 165 Å². The van der Waals surface area contributed by atoms with Crippen LogP contribution in [0.1, 0.15) is 38.5 Å². The molecule has 29 heavy (non-hydrogen) atoms. The predicted molar refractivity (Wildman–Crippen MR) is 99.5 cm³/mol.